The molecule has 0 bridgehead atoms. The van der Waals surface area contributed by atoms with Crippen molar-refractivity contribution in [3.63, 3.8) is 0 Å². The first-order chi connectivity index (χ1) is 15.0. The summed E-state index contributed by atoms with van der Waals surface area (Å²) in [4.78, 5) is 48.1. The Morgan fingerprint density at radius 2 is 1.78 bits per heavy atom. The standard InChI is InChI=1S/C21H34N3O7P/c1-4-5-11-17(20(26)27)23-19(25)18(12-15(2)3)24-32(29,30)14-22-21(28)31-13-16-9-7-6-8-10-16/h6-10,15,17-18H,4-5,11-14H2,1-3H3,(H,22,28)(H,23,25)(H,26,27)(H2,24,29,30)/p-2/t17-,18-/m0/s1. The molecular formula is C21H32N3O7P-2. The van der Waals surface area contributed by atoms with E-state index in [4.69, 9.17) is 4.74 Å². The van der Waals surface area contributed by atoms with Crippen LogP contribution in [0.15, 0.2) is 30.3 Å². The predicted octanol–water partition coefficient (Wildman–Crippen LogP) is 0.853. The summed E-state index contributed by atoms with van der Waals surface area (Å²) in [6, 6.07) is 6.47. The largest absolute Gasteiger partial charge is 0.787 e. The van der Waals surface area contributed by atoms with Gasteiger partial charge in [-0.3, -0.25) is 9.88 Å². The maximum atomic E-state index is 12.6. The van der Waals surface area contributed by atoms with Crippen LogP contribution in [0, 0.1) is 5.92 Å². The molecule has 0 spiro atoms. The lowest BCUT2D eigenvalue weighted by atomic mass is 10.0. The monoisotopic (exact) mass is 469 g/mol. The van der Waals surface area contributed by atoms with Gasteiger partial charge in [-0.1, -0.05) is 63.9 Å². The fourth-order valence-electron chi connectivity index (χ4n) is 2.85. The van der Waals surface area contributed by atoms with E-state index in [1.165, 1.54) is 0 Å². The summed E-state index contributed by atoms with van der Waals surface area (Å²) < 4.78 is 17.4. The molecule has 1 unspecified atom stereocenters. The van der Waals surface area contributed by atoms with Gasteiger partial charge in [0.15, 0.2) is 0 Å². The van der Waals surface area contributed by atoms with Crippen LogP contribution in [0.2, 0.25) is 0 Å². The Balaban J connectivity index is 2.66. The van der Waals surface area contributed by atoms with Gasteiger partial charge in [-0.25, -0.2) is 4.79 Å². The van der Waals surface area contributed by atoms with Crippen molar-refractivity contribution >= 4 is 25.5 Å². The number of ether oxygens (including phenoxy) is 1. The van der Waals surface area contributed by atoms with Crippen LogP contribution in [0.25, 0.3) is 0 Å². The zero-order valence-electron chi connectivity index (χ0n) is 18.7. The minimum absolute atomic E-state index is 0.0238. The van der Waals surface area contributed by atoms with Gasteiger partial charge < -0.3 is 34.7 Å². The number of carboxylic acids is 1. The molecule has 180 valence electrons. The zero-order valence-corrected chi connectivity index (χ0v) is 19.6. The number of carbonyl (C=O) groups excluding carboxylic acids is 3. The number of rotatable bonds is 14. The summed E-state index contributed by atoms with van der Waals surface area (Å²) in [5.74, 6) is -2.24. The fourth-order valence-corrected chi connectivity index (χ4v) is 3.97. The second-order valence-corrected chi connectivity index (χ2v) is 9.82. The highest BCUT2D eigenvalue weighted by molar-refractivity contribution is 7.54. The number of amides is 2. The molecule has 0 aliphatic heterocycles. The molecule has 0 aliphatic carbocycles. The summed E-state index contributed by atoms with van der Waals surface area (Å²) in [5, 5.41) is 18.0. The molecule has 0 fully saturated rings. The lowest BCUT2D eigenvalue weighted by Crippen LogP contribution is -2.54. The van der Waals surface area contributed by atoms with Gasteiger partial charge in [-0.2, -0.15) is 0 Å². The van der Waals surface area contributed by atoms with Crippen LogP contribution in [-0.2, 0) is 25.5 Å². The van der Waals surface area contributed by atoms with Crippen LogP contribution in [0.5, 0.6) is 0 Å². The first kappa shape index (κ1) is 27.6. The van der Waals surface area contributed by atoms with Crippen molar-refractivity contribution < 1.29 is 33.7 Å². The molecule has 11 heteroatoms. The van der Waals surface area contributed by atoms with Crippen LogP contribution in [0.1, 0.15) is 52.0 Å². The predicted molar refractivity (Wildman–Crippen MR) is 115 cm³/mol. The number of hydrogen-bond donors (Lipinski definition) is 3. The van der Waals surface area contributed by atoms with Crippen LogP contribution in [0.3, 0.4) is 0 Å². The van der Waals surface area contributed by atoms with Crippen molar-refractivity contribution in [2.45, 2.75) is 65.1 Å². The van der Waals surface area contributed by atoms with E-state index >= 15 is 0 Å². The van der Waals surface area contributed by atoms with Crippen molar-refractivity contribution in [3.05, 3.63) is 35.9 Å². The number of carbonyl (C=O) groups is 3. The van der Waals surface area contributed by atoms with Gasteiger partial charge in [-0.15, -0.1) is 0 Å². The van der Waals surface area contributed by atoms with E-state index in [0.29, 0.717) is 6.42 Å². The Morgan fingerprint density at radius 1 is 1.12 bits per heavy atom. The first-order valence-corrected chi connectivity index (χ1v) is 12.4. The van der Waals surface area contributed by atoms with E-state index in [1.807, 2.05) is 13.0 Å². The summed E-state index contributed by atoms with van der Waals surface area (Å²) in [6.45, 7) is 5.45. The lowest BCUT2D eigenvalue weighted by Gasteiger charge is -2.31. The number of hydrogen-bond acceptors (Lipinski definition) is 7. The van der Waals surface area contributed by atoms with E-state index < -0.39 is 43.9 Å². The quantitative estimate of drug-likeness (QED) is 0.338. The topological polar surface area (TPSA) is 160 Å². The summed E-state index contributed by atoms with van der Waals surface area (Å²) in [7, 11) is -4.43. The zero-order chi connectivity index (χ0) is 24.1. The molecule has 3 atom stereocenters. The van der Waals surface area contributed by atoms with Crippen LogP contribution >= 0.6 is 7.52 Å². The van der Waals surface area contributed by atoms with E-state index in [0.717, 1.165) is 12.0 Å². The molecular weight excluding hydrogens is 437 g/mol. The average molecular weight is 469 g/mol. The molecule has 10 nitrogen and oxygen atoms in total. The molecule has 1 aromatic rings. The molecule has 0 saturated carbocycles. The third kappa shape index (κ3) is 11.3. The number of unbranched alkanes of at least 4 members (excludes halogenated alkanes) is 1. The van der Waals surface area contributed by atoms with Gasteiger partial charge in [0.25, 0.3) is 0 Å². The van der Waals surface area contributed by atoms with Crippen molar-refractivity contribution in [1.29, 1.82) is 0 Å². The summed E-state index contributed by atoms with van der Waals surface area (Å²) in [5.41, 5.74) is 0.741. The number of aliphatic carboxylic acids is 1. The highest BCUT2D eigenvalue weighted by Crippen LogP contribution is 2.30. The Kier molecular flexibility index (Phi) is 12.0. The minimum atomic E-state index is -4.43. The van der Waals surface area contributed by atoms with E-state index in [-0.39, 0.29) is 25.4 Å². The number of carboxylic acid groups (broad SMARTS) is 1. The second-order valence-electron chi connectivity index (χ2n) is 7.90. The van der Waals surface area contributed by atoms with E-state index in [2.05, 4.69) is 15.7 Å². The van der Waals surface area contributed by atoms with Crippen molar-refractivity contribution in [1.82, 2.24) is 15.7 Å². The van der Waals surface area contributed by atoms with Crippen molar-refractivity contribution in [3.8, 4) is 0 Å². The molecule has 3 N–H and O–H groups in total. The average Bonchev–Trinajstić information content (AvgIpc) is 2.73. The molecule has 0 aromatic heterocycles. The maximum Gasteiger partial charge on any atom is 0.407 e. The van der Waals surface area contributed by atoms with Gasteiger partial charge in [0.1, 0.15) is 6.61 Å². The fraction of sp³-hybridized carbons (Fsp3) is 0.571. The van der Waals surface area contributed by atoms with Gasteiger partial charge in [-0.05, 0) is 24.3 Å². The highest BCUT2D eigenvalue weighted by Gasteiger charge is 2.26. The van der Waals surface area contributed by atoms with Crippen LogP contribution in [-0.4, -0.2) is 36.3 Å². The summed E-state index contributed by atoms with van der Waals surface area (Å²) >= 11 is 0. The number of alkyl carbamates (subject to hydrolysis) is 1. The molecule has 32 heavy (non-hydrogen) atoms. The van der Waals surface area contributed by atoms with Crippen LogP contribution < -0.4 is 25.7 Å². The van der Waals surface area contributed by atoms with Crippen LogP contribution in [0.4, 0.5) is 4.79 Å². The number of nitrogens with one attached hydrogen (secondary N) is 3. The summed E-state index contributed by atoms with van der Waals surface area (Å²) in [6.07, 6.45) is -0.0753. The Hall–Kier alpha value is -2.42. The van der Waals surface area contributed by atoms with Gasteiger partial charge in [0, 0.05) is 0 Å². The molecule has 0 radical (unpaired) electrons. The van der Waals surface area contributed by atoms with Gasteiger partial charge >= 0.3 is 6.09 Å². The third-order valence-electron chi connectivity index (χ3n) is 4.47. The lowest BCUT2D eigenvalue weighted by molar-refractivity contribution is -0.308. The normalized spacial score (nSPS) is 14.8. The molecule has 0 heterocycles. The minimum Gasteiger partial charge on any atom is -0.787 e. The maximum absolute atomic E-state index is 12.6. The Labute approximate surface area is 188 Å². The van der Waals surface area contributed by atoms with Gasteiger partial charge in [0.05, 0.1) is 31.9 Å². The Bertz CT molecular complexity index is 789. The Morgan fingerprint density at radius 3 is 2.34 bits per heavy atom. The molecule has 1 rings (SSSR count). The first-order valence-electron chi connectivity index (χ1n) is 10.6. The molecule has 2 amide bonds. The van der Waals surface area contributed by atoms with Gasteiger partial charge in [0.2, 0.25) is 5.91 Å². The number of benzene rings is 1. The molecule has 0 aliphatic rings. The third-order valence-corrected chi connectivity index (χ3v) is 5.75. The second kappa shape index (κ2) is 13.9. The smallest absolute Gasteiger partial charge is 0.407 e. The van der Waals surface area contributed by atoms with Crippen molar-refractivity contribution in [2.75, 3.05) is 6.29 Å². The van der Waals surface area contributed by atoms with E-state index in [1.54, 1.807) is 38.1 Å². The highest BCUT2D eigenvalue weighted by atomic mass is 31.2. The SMILES string of the molecule is CCCC[C@H](NC(=O)[C@H](CC(C)C)NP(=O)([O-])CNC(=O)OCc1ccccc1)C(=O)[O-]. The molecule has 0 saturated heterocycles. The van der Waals surface area contributed by atoms with Crippen molar-refractivity contribution in [2.24, 2.45) is 5.92 Å². The van der Waals surface area contributed by atoms with E-state index in [9.17, 15) is 28.9 Å². The molecule has 1 aromatic carbocycles.